The number of carbonyl (C=O) groups is 2. The average molecular weight is 471 g/mol. The summed E-state index contributed by atoms with van der Waals surface area (Å²) in [5.74, 6) is -1.60. The molecule has 0 bridgehead atoms. The molecule has 1 fully saturated rings. The number of aliphatic hydroxyl groups excluding tert-OH is 1. The molecule has 0 aliphatic carbocycles. The summed E-state index contributed by atoms with van der Waals surface area (Å²) >= 11 is 0. The lowest BCUT2D eigenvalue weighted by atomic mass is 9.96. The van der Waals surface area contributed by atoms with Crippen LogP contribution < -0.4 is 4.74 Å². The van der Waals surface area contributed by atoms with Gasteiger partial charge in [0.05, 0.1) is 18.7 Å². The predicted molar refractivity (Wildman–Crippen MR) is 128 cm³/mol. The first-order valence-corrected chi connectivity index (χ1v) is 11.1. The molecule has 0 radical (unpaired) electrons. The summed E-state index contributed by atoms with van der Waals surface area (Å²) in [5.41, 5.74) is 2.69. The lowest BCUT2D eigenvalue weighted by Crippen LogP contribution is -2.31. The summed E-state index contributed by atoms with van der Waals surface area (Å²) in [7, 11) is 1.60. The maximum absolute atomic E-state index is 13.4. The number of rotatable bonds is 6. The Hall–Kier alpha value is -4.46. The Balaban J connectivity index is 1.54. The lowest BCUT2D eigenvalue weighted by Gasteiger charge is -2.25. The molecule has 0 spiro atoms. The van der Waals surface area contributed by atoms with Crippen molar-refractivity contribution in [3.05, 3.63) is 101 Å². The molecule has 2 N–H and O–H groups in total. The maximum atomic E-state index is 13.4. The Morgan fingerprint density at radius 2 is 1.97 bits per heavy atom. The summed E-state index contributed by atoms with van der Waals surface area (Å²) in [6.45, 7) is 0.231. The van der Waals surface area contributed by atoms with Gasteiger partial charge in [-0.3, -0.25) is 14.6 Å². The number of hydrogen-bond donors (Lipinski definition) is 2. The molecule has 1 saturated heterocycles. The Labute approximate surface area is 200 Å². The fourth-order valence-corrected chi connectivity index (χ4v) is 4.49. The second kappa shape index (κ2) is 9.06. The van der Waals surface area contributed by atoms with E-state index in [0.29, 0.717) is 17.7 Å². The number of benzene rings is 2. The number of H-pyrrole nitrogens is 1. The van der Waals surface area contributed by atoms with Gasteiger partial charge in [0, 0.05) is 41.6 Å². The zero-order valence-corrected chi connectivity index (χ0v) is 18.9. The van der Waals surface area contributed by atoms with Gasteiger partial charge < -0.3 is 19.7 Å². The number of ether oxygens (including phenoxy) is 1. The van der Waals surface area contributed by atoms with E-state index in [-0.39, 0.29) is 23.4 Å². The largest absolute Gasteiger partial charge is 0.507 e. The molecule has 1 aliphatic heterocycles. The number of pyridine rings is 1. The molecule has 7 nitrogen and oxygen atoms in total. The standard InChI is InChI=1S/C27H22FN3O4/c1-35-20-8-9-22-21(13-20)17(15-30-22)10-12-31-24(18-3-2-11-29-14-18)23(26(33)27(31)34)25(32)16-4-6-19(28)7-5-16/h2-9,11,13-15,24,30,32H,10,12H2,1H3/b25-23-. The van der Waals surface area contributed by atoms with Crippen molar-refractivity contribution in [3.63, 3.8) is 0 Å². The number of methoxy groups -OCH3 is 1. The molecule has 2 aromatic carbocycles. The molecule has 8 heteroatoms. The number of nitrogens with zero attached hydrogens (tertiary/aromatic N) is 2. The van der Waals surface area contributed by atoms with Crippen molar-refractivity contribution >= 4 is 28.4 Å². The summed E-state index contributed by atoms with van der Waals surface area (Å²) in [4.78, 5) is 35.1. The molecule has 1 atom stereocenters. The fourth-order valence-electron chi connectivity index (χ4n) is 4.49. The highest BCUT2D eigenvalue weighted by atomic mass is 19.1. The van der Waals surface area contributed by atoms with Gasteiger partial charge in [-0.15, -0.1) is 0 Å². The monoisotopic (exact) mass is 471 g/mol. The van der Waals surface area contributed by atoms with Crippen molar-refractivity contribution in [2.75, 3.05) is 13.7 Å². The number of halogens is 1. The van der Waals surface area contributed by atoms with E-state index >= 15 is 0 Å². The molecule has 0 saturated carbocycles. The first-order chi connectivity index (χ1) is 17.0. The molecule has 3 heterocycles. The van der Waals surface area contributed by atoms with Crippen LogP contribution >= 0.6 is 0 Å². The number of carbonyl (C=O) groups excluding carboxylic acids is 2. The molecule has 4 aromatic rings. The first kappa shape index (κ1) is 22.3. The van der Waals surface area contributed by atoms with Gasteiger partial charge in [0.2, 0.25) is 0 Å². The van der Waals surface area contributed by atoms with E-state index in [0.717, 1.165) is 16.5 Å². The minimum atomic E-state index is -0.825. The van der Waals surface area contributed by atoms with E-state index < -0.39 is 23.5 Å². The van der Waals surface area contributed by atoms with E-state index in [1.165, 1.54) is 29.2 Å². The topological polar surface area (TPSA) is 95.5 Å². The van der Waals surface area contributed by atoms with E-state index in [1.807, 2.05) is 24.4 Å². The number of aromatic amines is 1. The molecule has 35 heavy (non-hydrogen) atoms. The number of aliphatic hydroxyl groups is 1. The second-order valence-corrected chi connectivity index (χ2v) is 8.26. The van der Waals surface area contributed by atoms with Crippen LogP contribution in [-0.2, 0) is 16.0 Å². The quantitative estimate of drug-likeness (QED) is 0.247. The predicted octanol–water partition coefficient (Wildman–Crippen LogP) is 4.38. The van der Waals surface area contributed by atoms with Crippen LogP contribution in [0.1, 0.15) is 22.7 Å². The number of nitrogens with one attached hydrogen (secondary N) is 1. The van der Waals surface area contributed by atoms with E-state index in [1.54, 1.807) is 31.6 Å². The van der Waals surface area contributed by atoms with Crippen LogP contribution in [-0.4, -0.2) is 45.3 Å². The van der Waals surface area contributed by atoms with Gasteiger partial charge >= 0.3 is 0 Å². The summed E-state index contributed by atoms with van der Waals surface area (Å²) < 4.78 is 18.8. The van der Waals surface area contributed by atoms with Crippen LogP contribution in [0.5, 0.6) is 5.75 Å². The number of likely N-dealkylation sites (tertiary alicyclic amines) is 1. The van der Waals surface area contributed by atoms with Crippen LogP contribution in [0.25, 0.3) is 16.7 Å². The third-order valence-electron chi connectivity index (χ3n) is 6.25. The average Bonchev–Trinajstić information content (AvgIpc) is 3.40. The smallest absolute Gasteiger partial charge is 0.295 e. The molecule has 1 aliphatic rings. The van der Waals surface area contributed by atoms with Gasteiger partial charge in [-0.25, -0.2) is 4.39 Å². The third-order valence-corrected chi connectivity index (χ3v) is 6.25. The summed E-state index contributed by atoms with van der Waals surface area (Å²) in [6, 6.07) is 13.5. The molecular formula is C27H22FN3O4. The van der Waals surface area contributed by atoms with Crippen LogP contribution in [0.15, 0.2) is 78.8 Å². The number of fused-ring (bicyclic) bond motifs is 1. The molecule has 5 rings (SSSR count). The van der Waals surface area contributed by atoms with Gasteiger partial charge in [0.1, 0.15) is 17.3 Å². The maximum Gasteiger partial charge on any atom is 0.295 e. The number of Topliss-reactive ketones (excluding diaryl/α,β-unsaturated/α-hetero) is 1. The van der Waals surface area contributed by atoms with Crippen molar-refractivity contribution < 1.29 is 23.8 Å². The molecular weight excluding hydrogens is 449 g/mol. The summed E-state index contributed by atoms with van der Waals surface area (Å²) in [6.07, 6.45) is 5.50. The van der Waals surface area contributed by atoms with Crippen LogP contribution in [0.3, 0.4) is 0 Å². The minimum Gasteiger partial charge on any atom is -0.507 e. The zero-order valence-electron chi connectivity index (χ0n) is 18.9. The highest BCUT2D eigenvalue weighted by Gasteiger charge is 2.46. The zero-order chi connectivity index (χ0) is 24.5. The second-order valence-electron chi connectivity index (χ2n) is 8.26. The van der Waals surface area contributed by atoms with Crippen molar-refractivity contribution in [2.24, 2.45) is 0 Å². The normalized spacial score (nSPS) is 17.3. The number of ketones is 1. The van der Waals surface area contributed by atoms with Crippen LogP contribution in [0.4, 0.5) is 4.39 Å². The SMILES string of the molecule is COc1ccc2[nH]cc(CCN3C(=O)C(=O)/C(=C(\O)c4ccc(F)cc4)C3c3cccnc3)c2c1. The Kier molecular flexibility index (Phi) is 5.78. The van der Waals surface area contributed by atoms with E-state index in [9.17, 15) is 19.1 Å². The van der Waals surface area contributed by atoms with E-state index in [2.05, 4.69) is 9.97 Å². The van der Waals surface area contributed by atoms with Gasteiger partial charge in [-0.2, -0.15) is 0 Å². The fraction of sp³-hybridized carbons (Fsp3) is 0.148. The van der Waals surface area contributed by atoms with Gasteiger partial charge in [-0.1, -0.05) is 6.07 Å². The van der Waals surface area contributed by atoms with Crippen molar-refractivity contribution in [3.8, 4) is 5.75 Å². The van der Waals surface area contributed by atoms with Crippen molar-refractivity contribution in [1.29, 1.82) is 0 Å². The highest BCUT2D eigenvalue weighted by Crippen LogP contribution is 2.39. The first-order valence-electron chi connectivity index (χ1n) is 11.1. The number of aromatic nitrogens is 2. The molecule has 1 unspecified atom stereocenters. The third kappa shape index (κ3) is 4.03. The van der Waals surface area contributed by atoms with Crippen molar-refractivity contribution in [1.82, 2.24) is 14.9 Å². The molecule has 176 valence electrons. The van der Waals surface area contributed by atoms with Crippen molar-refractivity contribution in [2.45, 2.75) is 12.5 Å². The van der Waals surface area contributed by atoms with Gasteiger partial charge in [0.15, 0.2) is 0 Å². The van der Waals surface area contributed by atoms with Gasteiger partial charge in [-0.05, 0) is 66.1 Å². The van der Waals surface area contributed by atoms with Gasteiger partial charge in [0.25, 0.3) is 11.7 Å². The van der Waals surface area contributed by atoms with Crippen LogP contribution in [0.2, 0.25) is 0 Å². The van der Waals surface area contributed by atoms with Crippen LogP contribution in [0, 0.1) is 5.82 Å². The number of amides is 1. The Morgan fingerprint density at radius 3 is 2.69 bits per heavy atom. The molecule has 1 amide bonds. The Morgan fingerprint density at radius 1 is 1.17 bits per heavy atom. The minimum absolute atomic E-state index is 0.0461. The molecule has 2 aromatic heterocycles. The number of hydrogen-bond acceptors (Lipinski definition) is 5. The summed E-state index contributed by atoms with van der Waals surface area (Å²) in [5, 5.41) is 12.0. The highest BCUT2D eigenvalue weighted by molar-refractivity contribution is 6.46. The lowest BCUT2D eigenvalue weighted by molar-refractivity contribution is -0.139. The van der Waals surface area contributed by atoms with E-state index in [4.69, 9.17) is 4.74 Å². The Bertz CT molecular complexity index is 1440.